The van der Waals surface area contributed by atoms with Crippen molar-refractivity contribution < 1.29 is 4.39 Å². The molecule has 2 rings (SSSR count). The predicted molar refractivity (Wildman–Crippen MR) is 59.9 cm³/mol. The molecule has 74 valence electrons. The van der Waals surface area contributed by atoms with Crippen LogP contribution >= 0.6 is 11.6 Å². The molecule has 1 nitrogen and oxygen atoms in total. The summed E-state index contributed by atoms with van der Waals surface area (Å²) in [7, 11) is 0. The summed E-state index contributed by atoms with van der Waals surface area (Å²) in [5.41, 5.74) is 1.42. The van der Waals surface area contributed by atoms with E-state index in [9.17, 15) is 4.39 Å². The number of hydrogen-bond donors (Lipinski definition) is 0. The second-order valence-electron chi connectivity index (χ2n) is 3.36. The zero-order valence-electron chi connectivity index (χ0n) is 8.01. The first-order valence-corrected chi connectivity index (χ1v) is 4.76. The van der Waals surface area contributed by atoms with Crippen molar-refractivity contribution in [2.24, 2.45) is 0 Å². The second kappa shape index (κ2) is 3.52. The van der Waals surface area contributed by atoms with Gasteiger partial charge in [0.1, 0.15) is 5.82 Å². The van der Waals surface area contributed by atoms with Gasteiger partial charge < -0.3 is 0 Å². The summed E-state index contributed by atoms with van der Waals surface area (Å²) in [5, 5.41) is 1.64. The topological polar surface area (TPSA) is 4.36 Å². The first kappa shape index (κ1) is 9.95. The minimum absolute atomic E-state index is 0.0854. The summed E-state index contributed by atoms with van der Waals surface area (Å²) >= 11 is 5.67. The van der Waals surface area contributed by atoms with E-state index in [-0.39, 0.29) is 5.02 Å². The number of fused-ring (bicyclic) bond motifs is 1. The van der Waals surface area contributed by atoms with Crippen LogP contribution in [0.3, 0.4) is 0 Å². The number of benzene rings is 2. The maximum Gasteiger partial charge on any atom is 0.190 e. The fourth-order valence-electron chi connectivity index (χ4n) is 1.52. The minimum atomic E-state index is -0.431. The van der Waals surface area contributed by atoms with Gasteiger partial charge in [-0.1, -0.05) is 17.7 Å². The van der Waals surface area contributed by atoms with Crippen molar-refractivity contribution in [2.45, 2.75) is 6.92 Å². The highest BCUT2D eigenvalue weighted by atomic mass is 35.5. The first-order valence-electron chi connectivity index (χ1n) is 4.38. The Morgan fingerprint density at radius 2 is 1.87 bits per heavy atom. The fraction of sp³-hybridized carbons (Fsp3) is 0.0833. The Morgan fingerprint density at radius 3 is 2.53 bits per heavy atom. The van der Waals surface area contributed by atoms with Gasteiger partial charge in [-0.3, -0.25) is 0 Å². The Hall–Kier alpha value is -1.59. The van der Waals surface area contributed by atoms with E-state index in [0.717, 1.165) is 16.3 Å². The van der Waals surface area contributed by atoms with Crippen molar-refractivity contribution in [3.63, 3.8) is 0 Å². The van der Waals surface area contributed by atoms with E-state index in [1.165, 1.54) is 6.07 Å². The molecule has 0 fully saturated rings. The highest BCUT2D eigenvalue weighted by Gasteiger charge is 2.05. The van der Waals surface area contributed by atoms with E-state index in [2.05, 4.69) is 4.85 Å². The summed E-state index contributed by atoms with van der Waals surface area (Å²) in [5.74, 6) is -0.431. The molecular formula is C12H7ClFN. The summed E-state index contributed by atoms with van der Waals surface area (Å²) < 4.78 is 13.2. The lowest BCUT2D eigenvalue weighted by atomic mass is 10.1. The molecule has 0 unspecified atom stereocenters. The molecule has 0 atom stereocenters. The maximum absolute atomic E-state index is 13.2. The Balaban J connectivity index is 2.84. The number of halogens is 2. The lowest BCUT2D eigenvalue weighted by Crippen LogP contribution is -1.81. The van der Waals surface area contributed by atoms with Crippen LogP contribution in [0.2, 0.25) is 5.02 Å². The molecule has 3 heteroatoms. The zero-order chi connectivity index (χ0) is 11.0. The third-order valence-corrected chi connectivity index (χ3v) is 2.60. The lowest BCUT2D eigenvalue weighted by Gasteiger charge is -2.03. The van der Waals surface area contributed by atoms with Crippen LogP contribution in [0, 0.1) is 19.3 Å². The van der Waals surface area contributed by atoms with Crippen LogP contribution in [0.25, 0.3) is 15.6 Å². The third kappa shape index (κ3) is 1.67. The normalized spacial score (nSPS) is 10.3. The molecular weight excluding hydrogens is 213 g/mol. The van der Waals surface area contributed by atoms with Crippen LogP contribution in [0.1, 0.15) is 5.56 Å². The SMILES string of the molecule is [C-]#[N+]c1cc2cc(Cl)c(F)cc2cc1C. The van der Waals surface area contributed by atoms with Crippen LogP contribution in [-0.4, -0.2) is 0 Å². The molecule has 0 aliphatic heterocycles. The van der Waals surface area contributed by atoms with Crippen molar-refractivity contribution in [3.05, 3.63) is 52.1 Å². The van der Waals surface area contributed by atoms with Gasteiger partial charge in [-0.05, 0) is 41.5 Å². The van der Waals surface area contributed by atoms with Gasteiger partial charge in [0.05, 0.1) is 11.6 Å². The van der Waals surface area contributed by atoms with Crippen LogP contribution < -0.4 is 0 Å². The standard InChI is InChI=1S/C12H7ClFN/c1-7-3-8-5-11(14)10(13)4-9(8)6-12(7)15-2/h3-6H,1H3. The maximum atomic E-state index is 13.2. The van der Waals surface area contributed by atoms with Crippen LogP contribution in [-0.2, 0) is 0 Å². The Bertz CT molecular complexity index is 584. The van der Waals surface area contributed by atoms with Crippen molar-refractivity contribution in [1.29, 1.82) is 0 Å². The number of aryl methyl sites for hydroxylation is 1. The van der Waals surface area contributed by atoms with E-state index in [1.54, 1.807) is 18.2 Å². The van der Waals surface area contributed by atoms with Gasteiger partial charge in [-0.15, -0.1) is 0 Å². The molecule has 2 aromatic carbocycles. The van der Waals surface area contributed by atoms with Crippen LogP contribution in [0.5, 0.6) is 0 Å². The molecule has 2 aromatic rings. The number of hydrogen-bond acceptors (Lipinski definition) is 0. The van der Waals surface area contributed by atoms with Gasteiger partial charge in [0, 0.05) is 0 Å². The van der Waals surface area contributed by atoms with Crippen LogP contribution in [0.15, 0.2) is 24.3 Å². The molecule has 0 saturated carbocycles. The summed E-state index contributed by atoms with van der Waals surface area (Å²) in [4.78, 5) is 3.39. The highest BCUT2D eigenvalue weighted by molar-refractivity contribution is 6.31. The molecule has 0 amide bonds. The van der Waals surface area contributed by atoms with Gasteiger partial charge in [0.15, 0.2) is 5.69 Å². The Kier molecular flexibility index (Phi) is 2.34. The molecule has 0 spiro atoms. The van der Waals surface area contributed by atoms with E-state index in [1.807, 2.05) is 6.92 Å². The molecule has 0 bridgehead atoms. The van der Waals surface area contributed by atoms with Crippen molar-refractivity contribution in [1.82, 2.24) is 0 Å². The largest absolute Gasteiger partial charge is 0.238 e. The molecule has 0 aliphatic carbocycles. The quantitative estimate of drug-likeness (QED) is 0.575. The van der Waals surface area contributed by atoms with Gasteiger partial charge in [-0.2, -0.15) is 0 Å². The zero-order valence-corrected chi connectivity index (χ0v) is 8.77. The van der Waals surface area contributed by atoms with E-state index >= 15 is 0 Å². The summed E-state index contributed by atoms with van der Waals surface area (Å²) in [6.07, 6.45) is 0. The van der Waals surface area contributed by atoms with E-state index in [4.69, 9.17) is 18.2 Å². The Morgan fingerprint density at radius 1 is 1.20 bits per heavy atom. The highest BCUT2D eigenvalue weighted by Crippen LogP contribution is 2.29. The van der Waals surface area contributed by atoms with E-state index in [0.29, 0.717) is 5.69 Å². The summed E-state index contributed by atoms with van der Waals surface area (Å²) in [6, 6.07) is 6.45. The third-order valence-electron chi connectivity index (χ3n) is 2.31. The van der Waals surface area contributed by atoms with Crippen molar-refractivity contribution in [3.8, 4) is 0 Å². The molecule has 15 heavy (non-hydrogen) atoms. The first-order chi connectivity index (χ1) is 7.11. The average molecular weight is 220 g/mol. The molecule has 0 heterocycles. The van der Waals surface area contributed by atoms with Crippen molar-refractivity contribution in [2.75, 3.05) is 0 Å². The lowest BCUT2D eigenvalue weighted by molar-refractivity contribution is 0.630. The molecule has 0 aromatic heterocycles. The molecule has 0 aliphatic rings. The average Bonchev–Trinajstić information content (AvgIpc) is 2.20. The number of nitrogens with zero attached hydrogens (tertiary/aromatic N) is 1. The molecule has 0 N–H and O–H groups in total. The fourth-order valence-corrected chi connectivity index (χ4v) is 1.69. The number of rotatable bonds is 0. The van der Waals surface area contributed by atoms with Gasteiger partial charge in [-0.25, -0.2) is 9.24 Å². The predicted octanol–water partition coefficient (Wildman–Crippen LogP) is 4.49. The van der Waals surface area contributed by atoms with Gasteiger partial charge >= 0.3 is 0 Å². The monoisotopic (exact) mass is 219 g/mol. The Labute approximate surface area is 91.9 Å². The molecule has 0 radical (unpaired) electrons. The second-order valence-corrected chi connectivity index (χ2v) is 3.77. The summed E-state index contributed by atoms with van der Waals surface area (Å²) in [6.45, 7) is 8.81. The van der Waals surface area contributed by atoms with Gasteiger partial charge in [0.25, 0.3) is 0 Å². The molecule has 0 saturated heterocycles. The van der Waals surface area contributed by atoms with Crippen LogP contribution in [0.4, 0.5) is 10.1 Å². The minimum Gasteiger partial charge on any atom is -0.238 e. The van der Waals surface area contributed by atoms with E-state index < -0.39 is 5.82 Å². The van der Waals surface area contributed by atoms with Crippen molar-refractivity contribution >= 4 is 28.1 Å². The van der Waals surface area contributed by atoms with Gasteiger partial charge in [0.2, 0.25) is 0 Å². The smallest absolute Gasteiger partial charge is 0.190 e.